The largest absolute Gasteiger partial charge is 0.489 e. The minimum atomic E-state index is -0.0765. The van der Waals surface area contributed by atoms with E-state index >= 15 is 0 Å². The molecule has 0 aromatic heterocycles. The summed E-state index contributed by atoms with van der Waals surface area (Å²) < 4.78 is 6.93. The number of anilines is 1. The number of para-hydroxylation sites is 1. The van der Waals surface area contributed by atoms with Crippen molar-refractivity contribution in [3.8, 4) is 5.75 Å². The SMILES string of the molecule is O=C1Nc2ccccc2/C1=C/c1cccc(OCc2ccc(Br)cc2)c1. The van der Waals surface area contributed by atoms with Gasteiger partial charge in [0, 0.05) is 21.3 Å². The molecule has 0 saturated carbocycles. The van der Waals surface area contributed by atoms with Gasteiger partial charge < -0.3 is 10.1 Å². The van der Waals surface area contributed by atoms with Gasteiger partial charge in [0.05, 0.1) is 0 Å². The summed E-state index contributed by atoms with van der Waals surface area (Å²) in [6, 6.07) is 23.5. The van der Waals surface area contributed by atoms with Crippen LogP contribution < -0.4 is 10.1 Å². The Morgan fingerprint density at radius 2 is 1.77 bits per heavy atom. The van der Waals surface area contributed by atoms with Crippen molar-refractivity contribution in [1.29, 1.82) is 0 Å². The normalized spacial score (nSPS) is 14.2. The zero-order chi connectivity index (χ0) is 17.9. The lowest BCUT2D eigenvalue weighted by Crippen LogP contribution is -2.03. The molecular weight excluding hydrogens is 390 g/mol. The summed E-state index contributed by atoms with van der Waals surface area (Å²) in [7, 11) is 0. The Hall–Kier alpha value is -2.85. The highest BCUT2D eigenvalue weighted by Crippen LogP contribution is 2.33. The van der Waals surface area contributed by atoms with Crippen LogP contribution in [0.4, 0.5) is 5.69 Å². The standard InChI is InChI=1S/C22H16BrNO2/c23-17-10-8-15(9-11-17)14-26-18-5-3-4-16(12-18)13-20-19-6-1-2-7-21(19)24-22(20)25/h1-13H,14H2,(H,24,25)/b20-13-. The number of carbonyl (C=O) groups excluding carboxylic acids is 1. The van der Waals surface area contributed by atoms with Crippen LogP contribution in [0.25, 0.3) is 11.6 Å². The number of amides is 1. The number of nitrogens with one attached hydrogen (secondary N) is 1. The van der Waals surface area contributed by atoms with Crippen LogP contribution in [0, 0.1) is 0 Å². The van der Waals surface area contributed by atoms with E-state index in [-0.39, 0.29) is 5.91 Å². The third-order valence-corrected chi connectivity index (χ3v) is 4.73. The molecule has 4 rings (SSSR count). The van der Waals surface area contributed by atoms with Gasteiger partial charge in [0.25, 0.3) is 5.91 Å². The number of ether oxygens (including phenoxy) is 1. The highest BCUT2D eigenvalue weighted by Gasteiger charge is 2.23. The monoisotopic (exact) mass is 405 g/mol. The highest BCUT2D eigenvalue weighted by atomic mass is 79.9. The summed E-state index contributed by atoms with van der Waals surface area (Å²) in [5.41, 5.74) is 4.48. The smallest absolute Gasteiger partial charge is 0.256 e. The van der Waals surface area contributed by atoms with Gasteiger partial charge in [0.2, 0.25) is 0 Å². The molecule has 3 aromatic rings. The van der Waals surface area contributed by atoms with E-state index in [9.17, 15) is 4.79 Å². The third-order valence-electron chi connectivity index (χ3n) is 4.20. The van der Waals surface area contributed by atoms with Crippen molar-refractivity contribution in [3.63, 3.8) is 0 Å². The van der Waals surface area contributed by atoms with E-state index in [4.69, 9.17) is 4.74 Å². The minimum absolute atomic E-state index is 0.0765. The fraction of sp³-hybridized carbons (Fsp3) is 0.0455. The first kappa shape index (κ1) is 16.6. The van der Waals surface area contributed by atoms with Gasteiger partial charge in [0.15, 0.2) is 0 Å². The fourth-order valence-corrected chi connectivity index (χ4v) is 3.15. The van der Waals surface area contributed by atoms with Gasteiger partial charge in [-0.15, -0.1) is 0 Å². The molecule has 1 aliphatic rings. The maximum atomic E-state index is 12.2. The maximum absolute atomic E-state index is 12.2. The first-order valence-electron chi connectivity index (χ1n) is 8.29. The highest BCUT2D eigenvalue weighted by molar-refractivity contribution is 9.10. The topological polar surface area (TPSA) is 38.3 Å². The number of hydrogen-bond donors (Lipinski definition) is 1. The van der Waals surface area contributed by atoms with Crippen LogP contribution in [0.15, 0.2) is 77.3 Å². The first-order chi connectivity index (χ1) is 12.7. The molecule has 3 nitrogen and oxygen atoms in total. The molecule has 3 aromatic carbocycles. The maximum Gasteiger partial charge on any atom is 0.256 e. The van der Waals surface area contributed by atoms with E-state index in [0.717, 1.165) is 32.6 Å². The van der Waals surface area contributed by atoms with Crippen molar-refractivity contribution in [1.82, 2.24) is 0 Å². The average Bonchev–Trinajstić information content (AvgIpc) is 2.97. The van der Waals surface area contributed by atoms with Crippen LogP contribution >= 0.6 is 15.9 Å². The Labute approximate surface area is 160 Å². The van der Waals surface area contributed by atoms with Crippen LogP contribution in [-0.2, 0) is 11.4 Å². The molecule has 128 valence electrons. The Balaban J connectivity index is 1.54. The molecule has 0 saturated heterocycles. The molecule has 0 bridgehead atoms. The van der Waals surface area contributed by atoms with Gasteiger partial charge in [0.1, 0.15) is 12.4 Å². The summed E-state index contributed by atoms with van der Waals surface area (Å²) in [5.74, 6) is 0.696. The Kier molecular flexibility index (Phi) is 4.59. The Morgan fingerprint density at radius 1 is 0.962 bits per heavy atom. The van der Waals surface area contributed by atoms with Crippen LogP contribution in [0.3, 0.4) is 0 Å². The molecule has 1 aliphatic heterocycles. The Bertz CT molecular complexity index is 993. The van der Waals surface area contributed by atoms with Gasteiger partial charge in [-0.25, -0.2) is 0 Å². The van der Waals surface area contributed by atoms with Gasteiger partial charge in [-0.2, -0.15) is 0 Å². The summed E-state index contributed by atoms with van der Waals surface area (Å²) >= 11 is 3.43. The number of rotatable bonds is 4. The van der Waals surface area contributed by atoms with Crippen molar-refractivity contribution in [2.75, 3.05) is 5.32 Å². The lowest BCUT2D eigenvalue weighted by atomic mass is 10.0. The van der Waals surface area contributed by atoms with E-state index in [0.29, 0.717) is 12.2 Å². The minimum Gasteiger partial charge on any atom is -0.489 e. The van der Waals surface area contributed by atoms with Gasteiger partial charge in [-0.3, -0.25) is 4.79 Å². The number of benzene rings is 3. The zero-order valence-corrected chi connectivity index (χ0v) is 15.5. The van der Waals surface area contributed by atoms with Gasteiger partial charge in [-0.05, 0) is 47.5 Å². The van der Waals surface area contributed by atoms with Crippen molar-refractivity contribution in [2.24, 2.45) is 0 Å². The molecule has 0 atom stereocenters. The van der Waals surface area contributed by atoms with Crippen molar-refractivity contribution in [3.05, 3.63) is 94.0 Å². The molecule has 26 heavy (non-hydrogen) atoms. The molecule has 0 radical (unpaired) electrons. The molecule has 0 spiro atoms. The summed E-state index contributed by atoms with van der Waals surface area (Å²) in [5, 5.41) is 2.89. The molecular formula is C22H16BrNO2. The summed E-state index contributed by atoms with van der Waals surface area (Å²) in [4.78, 5) is 12.2. The molecule has 0 fully saturated rings. The lowest BCUT2D eigenvalue weighted by molar-refractivity contribution is -0.110. The van der Waals surface area contributed by atoms with Crippen LogP contribution in [0.5, 0.6) is 5.75 Å². The van der Waals surface area contributed by atoms with Crippen molar-refractivity contribution < 1.29 is 9.53 Å². The first-order valence-corrected chi connectivity index (χ1v) is 9.08. The quantitative estimate of drug-likeness (QED) is 0.580. The predicted octanol–water partition coefficient (Wildman–Crippen LogP) is 5.52. The molecule has 0 aliphatic carbocycles. The second-order valence-electron chi connectivity index (χ2n) is 6.05. The van der Waals surface area contributed by atoms with Gasteiger partial charge in [-0.1, -0.05) is 58.4 Å². The molecule has 4 heteroatoms. The van der Waals surface area contributed by atoms with Crippen molar-refractivity contribution in [2.45, 2.75) is 6.61 Å². The predicted molar refractivity (Wildman–Crippen MR) is 108 cm³/mol. The van der Waals surface area contributed by atoms with E-state index in [1.807, 2.05) is 78.9 Å². The third kappa shape index (κ3) is 3.55. The number of fused-ring (bicyclic) bond motifs is 1. The van der Waals surface area contributed by atoms with Crippen LogP contribution in [0.2, 0.25) is 0 Å². The summed E-state index contributed by atoms with van der Waals surface area (Å²) in [6.45, 7) is 0.497. The molecule has 1 heterocycles. The number of halogens is 1. The number of hydrogen-bond acceptors (Lipinski definition) is 2. The fourth-order valence-electron chi connectivity index (χ4n) is 2.89. The van der Waals surface area contributed by atoms with Crippen LogP contribution in [-0.4, -0.2) is 5.91 Å². The molecule has 0 unspecified atom stereocenters. The van der Waals surface area contributed by atoms with Crippen LogP contribution in [0.1, 0.15) is 16.7 Å². The van der Waals surface area contributed by atoms with E-state index in [1.54, 1.807) is 0 Å². The van der Waals surface area contributed by atoms with E-state index < -0.39 is 0 Å². The van der Waals surface area contributed by atoms with E-state index in [2.05, 4.69) is 21.2 Å². The molecule has 1 N–H and O–H groups in total. The van der Waals surface area contributed by atoms with Gasteiger partial charge >= 0.3 is 0 Å². The lowest BCUT2D eigenvalue weighted by Gasteiger charge is -2.07. The van der Waals surface area contributed by atoms with Crippen molar-refractivity contribution >= 4 is 39.2 Å². The second kappa shape index (κ2) is 7.18. The molecule has 1 amide bonds. The zero-order valence-electron chi connectivity index (χ0n) is 13.9. The van der Waals surface area contributed by atoms with E-state index in [1.165, 1.54) is 0 Å². The second-order valence-corrected chi connectivity index (χ2v) is 6.96. The average molecular weight is 406 g/mol. The Morgan fingerprint density at radius 3 is 2.62 bits per heavy atom. The number of carbonyl (C=O) groups is 1. The summed E-state index contributed by atoms with van der Waals surface area (Å²) in [6.07, 6.45) is 1.90.